The molecule has 0 aromatic heterocycles. The topological polar surface area (TPSA) is 130 Å². The monoisotopic (exact) mass is 670 g/mol. The van der Waals surface area contributed by atoms with E-state index in [1.54, 1.807) is 0 Å². The quantitative estimate of drug-likeness (QED) is 0.129. The minimum absolute atomic E-state index is 0.261. The van der Waals surface area contributed by atoms with E-state index in [9.17, 15) is 72.6 Å². The van der Waals surface area contributed by atoms with Crippen LogP contribution in [0.4, 0.5) is 64.1 Å². The standard InChI is InChI=1S/C19H10F12N2O7S2/c1-7-3-9-10-4-8(2)12(33(36)37)6-14(10)41(13(9)5-11(7)32(34)35,40-42(38,39)19(29,30)31)18(27,28)16(22,23)15(20,21)17(24,25)26/h3-6H,1-2H3. The first-order chi connectivity index (χ1) is 18.6. The molecular formula is C19H10F12N2O7S2. The Morgan fingerprint density at radius 1 is 0.690 bits per heavy atom. The number of nitrogens with zero attached hydrogens (tertiary/aromatic N) is 2. The van der Waals surface area contributed by atoms with Gasteiger partial charge in [-0.3, -0.25) is 20.2 Å². The van der Waals surface area contributed by atoms with E-state index < -0.39 is 102 Å². The molecule has 0 saturated carbocycles. The molecule has 9 nitrogen and oxygen atoms in total. The Morgan fingerprint density at radius 3 is 1.33 bits per heavy atom. The van der Waals surface area contributed by atoms with Crippen molar-refractivity contribution in [2.24, 2.45) is 0 Å². The molecule has 234 valence electrons. The smallest absolute Gasteiger partial charge is 0.258 e. The van der Waals surface area contributed by atoms with Crippen molar-refractivity contribution >= 4 is 31.8 Å². The molecule has 0 amide bonds. The molecule has 2 aromatic rings. The molecule has 0 unspecified atom stereocenters. The van der Waals surface area contributed by atoms with Crippen LogP contribution in [0.3, 0.4) is 0 Å². The van der Waals surface area contributed by atoms with Crippen LogP contribution in [0, 0.1) is 34.1 Å². The van der Waals surface area contributed by atoms with Gasteiger partial charge in [-0.25, -0.2) is 0 Å². The Hall–Kier alpha value is -3.34. The van der Waals surface area contributed by atoms with Crippen LogP contribution in [0.25, 0.3) is 11.1 Å². The molecule has 0 saturated heterocycles. The van der Waals surface area contributed by atoms with Gasteiger partial charge in [-0.1, -0.05) is 0 Å². The van der Waals surface area contributed by atoms with Gasteiger partial charge in [0.1, 0.15) is 0 Å². The Bertz CT molecular complexity index is 1550. The molecule has 0 N–H and O–H groups in total. The number of hydrogen-bond acceptors (Lipinski definition) is 7. The van der Waals surface area contributed by atoms with Crippen LogP contribution in [0.2, 0.25) is 0 Å². The first-order valence-electron chi connectivity index (χ1n) is 10.2. The Morgan fingerprint density at radius 2 is 1.05 bits per heavy atom. The highest BCUT2D eigenvalue weighted by Crippen LogP contribution is 2.84. The molecular weight excluding hydrogens is 660 g/mol. The van der Waals surface area contributed by atoms with E-state index in [0.29, 0.717) is 12.1 Å². The first kappa shape index (κ1) is 33.2. The third-order valence-corrected chi connectivity index (χ3v) is 10.8. The van der Waals surface area contributed by atoms with E-state index in [1.807, 2.05) is 0 Å². The van der Waals surface area contributed by atoms with Crippen LogP contribution in [0.5, 0.6) is 0 Å². The van der Waals surface area contributed by atoms with Crippen molar-refractivity contribution in [1.82, 2.24) is 0 Å². The largest absolute Gasteiger partial charge is 0.523 e. The van der Waals surface area contributed by atoms with Gasteiger partial charge >= 0.3 is 38.9 Å². The van der Waals surface area contributed by atoms with Crippen LogP contribution in [-0.2, 0) is 13.7 Å². The fraction of sp³-hybridized carbons (Fsp3) is 0.368. The number of benzene rings is 2. The number of alkyl halides is 12. The Kier molecular flexibility index (Phi) is 7.37. The van der Waals surface area contributed by atoms with Gasteiger partial charge in [0.05, 0.1) is 9.85 Å². The van der Waals surface area contributed by atoms with Gasteiger partial charge in [-0.2, -0.15) is 64.7 Å². The van der Waals surface area contributed by atoms with Crippen LogP contribution < -0.4 is 0 Å². The number of rotatable bonds is 7. The molecule has 0 aliphatic carbocycles. The molecule has 1 aliphatic heterocycles. The lowest BCUT2D eigenvalue weighted by Crippen LogP contribution is -2.62. The summed E-state index contributed by atoms with van der Waals surface area (Å²) in [5, 5.41) is 15.6. The number of nitro groups is 2. The molecule has 42 heavy (non-hydrogen) atoms. The molecule has 0 bridgehead atoms. The van der Waals surface area contributed by atoms with Crippen molar-refractivity contribution in [1.29, 1.82) is 0 Å². The third-order valence-electron chi connectivity index (χ3n) is 5.85. The normalized spacial score (nSPS) is 16.5. The lowest BCUT2D eigenvalue weighted by Gasteiger charge is -2.46. The Labute approximate surface area is 226 Å². The molecule has 23 heteroatoms. The summed E-state index contributed by atoms with van der Waals surface area (Å²) in [4.78, 5) is 15.9. The maximum atomic E-state index is 15.9. The lowest BCUT2D eigenvalue weighted by molar-refractivity contribution is -0.385. The predicted octanol–water partition coefficient (Wildman–Crippen LogP) is 7.53. The van der Waals surface area contributed by atoms with Crippen molar-refractivity contribution in [3.05, 3.63) is 55.6 Å². The van der Waals surface area contributed by atoms with E-state index in [1.165, 1.54) is 0 Å². The zero-order valence-corrected chi connectivity index (χ0v) is 21.5. The number of hydrogen-bond donors (Lipinski definition) is 0. The molecule has 0 radical (unpaired) electrons. The minimum atomic E-state index is -7.85. The van der Waals surface area contributed by atoms with E-state index in [4.69, 9.17) is 0 Å². The van der Waals surface area contributed by atoms with Gasteiger partial charge in [-0.05, 0) is 37.1 Å². The first-order valence-corrected chi connectivity index (χ1v) is 13.2. The summed E-state index contributed by atoms with van der Waals surface area (Å²) in [6.45, 7) is 1.70. The predicted molar refractivity (Wildman–Crippen MR) is 116 cm³/mol. The maximum Gasteiger partial charge on any atom is 0.523 e. The molecule has 0 atom stereocenters. The summed E-state index contributed by atoms with van der Waals surface area (Å²) in [6, 6.07) is 0.323. The second-order valence-corrected chi connectivity index (χ2v) is 12.9. The van der Waals surface area contributed by atoms with Crippen molar-refractivity contribution < 1.29 is 74.6 Å². The van der Waals surface area contributed by atoms with E-state index in [2.05, 4.69) is 3.63 Å². The zero-order chi connectivity index (χ0) is 32.8. The molecule has 3 rings (SSSR count). The van der Waals surface area contributed by atoms with Crippen molar-refractivity contribution in [2.45, 2.75) is 52.4 Å². The van der Waals surface area contributed by atoms with Gasteiger partial charge in [0.2, 0.25) is 0 Å². The number of halogens is 12. The molecule has 0 fully saturated rings. The number of nitro benzene ring substituents is 2. The maximum absolute atomic E-state index is 15.9. The Balaban J connectivity index is 2.73. The average Bonchev–Trinajstić information content (AvgIpc) is 3.04. The number of fused-ring (bicyclic) bond motifs is 3. The van der Waals surface area contributed by atoms with Crippen molar-refractivity contribution in [3.8, 4) is 11.1 Å². The van der Waals surface area contributed by atoms with Crippen LogP contribution in [0.1, 0.15) is 11.1 Å². The third kappa shape index (κ3) is 4.34. The van der Waals surface area contributed by atoms with Gasteiger partial charge in [0.15, 0.2) is 0 Å². The summed E-state index contributed by atoms with van der Waals surface area (Å²) >= 11 is 0. The summed E-state index contributed by atoms with van der Waals surface area (Å²) in [5.41, 5.74) is -13.1. The van der Waals surface area contributed by atoms with Crippen molar-refractivity contribution in [2.75, 3.05) is 0 Å². The highest BCUT2D eigenvalue weighted by atomic mass is 32.3. The van der Waals surface area contributed by atoms with E-state index in [0.717, 1.165) is 13.8 Å². The van der Waals surface area contributed by atoms with Gasteiger partial charge < -0.3 is 0 Å². The highest BCUT2D eigenvalue weighted by Gasteiger charge is 2.87. The summed E-state index contributed by atoms with van der Waals surface area (Å²) in [6.07, 6.45) is -7.55. The average molecular weight is 670 g/mol. The second kappa shape index (κ2) is 9.33. The van der Waals surface area contributed by atoms with E-state index >= 15 is 8.78 Å². The van der Waals surface area contributed by atoms with Gasteiger partial charge in [0, 0.05) is 43.4 Å². The lowest BCUT2D eigenvalue weighted by atomic mass is 10.00. The molecule has 1 heterocycles. The summed E-state index contributed by atoms with van der Waals surface area (Å²) in [7, 11) is -14.7. The molecule has 0 spiro atoms. The SMILES string of the molecule is Cc1cc2c(cc1[N+](=O)[O-])S(OS(=O)(=O)C(F)(F)F)(C(F)(F)C(F)(F)C(F)(F)C(F)(F)F)c1cc([N+](=O)[O-])c(C)cc1-2. The fourth-order valence-corrected chi connectivity index (χ4v) is 8.97. The van der Waals surface area contributed by atoms with Crippen LogP contribution >= 0.6 is 10.3 Å². The number of aryl methyl sites for hydroxylation is 2. The van der Waals surface area contributed by atoms with E-state index in [-0.39, 0.29) is 12.1 Å². The van der Waals surface area contributed by atoms with Crippen molar-refractivity contribution in [3.63, 3.8) is 0 Å². The minimum Gasteiger partial charge on any atom is -0.258 e. The molecule has 2 aromatic carbocycles. The fourth-order valence-electron chi connectivity index (χ4n) is 3.87. The highest BCUT2D eigenvalue weighted by molar-refractivity contribution is 8.34. The van der Waals surface area contributed by atoms with Crippen LogP contribution in [0.15, 0.2) is 34.1 Å². The summed E-state index contributed by atoms with van der Waals surface area (Å²) < 4.78 is 196. The van der Waals surface area contributed by atoms with Crippen LogP contribution in [-0.4, -0.2) is 47.0 Å². The summed E-state index contributed by atoms with van der Waals surface area (Å²) in [5.74, 6) is -15.7. The van der Waals surface area contributed by atoms with Gasteiger partial charge in [0.25, 0.3) is 11.4 Å². The second-order valence-electron chi connectivity index (χ2n) is 8.47. The molecule has 1 aliphatic rings. The van der Waals surface area contributed by atoms with Gasteiger partial charge in [-0.15, -0.1) is 0 Å². The zero-order valence-electron chi connectivity index (χ0n) is 19.9.